The van der Waals surface area contributed by atoms with Gasteiger partial charge in [-0.15, -0.1) is 0 Å². The minimum atomic E-state index is -1.84. The number of rotatable bonds is 6. The van der Waals surface area contributed by atoms with Gasteiger partial charge in [0.1, 0.15) is 5.78 Å². The van der Waals surface area contributed by atoms with Gasteiger partial charge in [-0.3, -0.25) is 4.79 Å². The van der Waals surface area contributed by atoms with Crippen LogP contribution in [0.5, 0.6) is 0 Å². The molecule has 0 aliphatic carbocycles. The molecule has 0 aliphatic rings. The van der Waals surface area contributed by atoms with Gasteiger partial charge in [0.25, 0.3) is 0 Å². The first-order valence-corrected chi connectivity index (χ1v) is 7.08. The molecule has 6 nitrogen and oxygen atoms in total. The van der Waals surface area contributed by atoms with E-state index in [-0.39, 0.29) is 29.1 Å². The van der Waals surface area contributed by atoms with Crippen molar-refractivity contribution in [2.24, 2.45) is 0 Å². The van der Waals surface area contributed by atoms with Gasteiger partial charge >= 0.3 is 11.9 Å². The van der Waals surface area contributed by atoms with E-state index in [0.717, 1.165) is 0 Å². The summed E-state index contributed by atoms with van der Waals surface area (Å²) >= 11 is 3.13. The Hall–Kier alpha value is -1.73. The molecule has 21 heavy (non-hydrogen) atoms. The molecule has 0 fully saturated rings. The van der Waals surface area contributed by atoms with Gasteiger partial charge < -0.3 is 14.9 Å². The van der Waals surface area contributed by atoms with E-state index in [2.05, 4.69) is 15.9 Å². The number of esters is 1. The van der Waals surface area contributed by atoms with E-state index in [1.807, 2.05) is 0 Å². The van der Waals surface area contributed by atoms with Gasteiger partial charge in [-0.25, -0.2) is 9.59 Å². The zero-order valence-corrected chi connectivity index (χ0v) is 13.1. The van der Waals surface area contributed by atoms with Crippen molar-refractivity contribution in [2.75, 3.05) is 6.61 Å². The number of aliphatic carboxylic acids is 1. The smallest absolute Gasteiger partial charge is 0.338 e. The molecule has 2 N–H and O–H groups in total. The largest absolute Gasteiger partial charge is 0.479 e. The number of aliphatic hydroxyl groups is 1. The molecule has 0 saturated carbocycles. The number of hydrogen-bond donors (Lipinski definition) is 2. The van der Waals surface area contributed by atoms with Crippen LogP contribution in [0.15, 0.2) is 18.2 Å². The van der Waals surface area contributed by atoms with Crippen LogP contribution in [-0.2, 0) is 14.3 Å². The third-order valence-electron chi connectivity index (χ3n) is 2.77. The summed E-state index contributed by atoms with van der Waals surface area (Å²) in [6.07, 6.45) is -1.84. The average Bonchev–Trinajstić information content (AvgIpc) is 2.44. The Bertz CT molecular complexity index is 569. The maximum absolute atomic E-state index is 12.0. The fraction of sp³-hybridized carbons (Fsp3) is 0.357. The summed E-state index contributed by atoms with van der Waals surface area (Å²) in [5, 5.41) is 18.7. The normalized spacial score (nSPS) is 13.3. The van der Waals surface area contributed by atoms with E-state index in [1.165, 1.54) is 25.1 Å². The highest BCUT2D eigenvalue weighted by atomic mass is 79.9. The number of ketones is 1. The predicted molar refractivity (Wildman–Crippen MR) is 77.3 cm³/mol. The Balaban J connectivity index is 3.51. The first-order valence-electron chi connectivity index (χ1n) is 6.16. The third-order valence-corrected chi connectivity index (χ3v) is 3.88. The van der Waals surface area contributed by atoms with Crippen molar-refractivity contribution in [3.05, 3.63) is 34.9 Å². The van der Waals surface area contributed by atoms with Gasteiger partial charge in [-0.2, -0.15) is 0 Å². The average molecular weight is 359 g/mol. The fourth-order valence-electron chi connectivity index (χ4n) is 1.83. The summed E-state index contributed by atoms with van der Waals surface area (Å²) in [5.74, 6) is -2.48. The Morgan fingerprint density at radius 1 is 1.33 bits per heavy atom. The second-order valence-electron chi connectivity index (χ2n) is 4.24. The second-order valence-corrected chi connectivity index (χ2v) is 5.16. The molecule has 1 aromatic rings. The lowest BCUT2D eigenvalue weighted by Gasteiger charge is -2.18. The molecular weight excluding hydrogens is 344 g/mol. The van der Waals surface area contributed by atoms with Crippen LogP contribution in [0.4, 0.5) is 0 Å². The van der Waals surface area contributed by atoms with E-state index in [0.29, 0.717) is 0 Å². The van der Waals surface area contributed by atoms with Crippen molar-refractivity contribution in [3.8, 4) is 0 Å². The van der Waals surface area contributed by atoms with Crippen LogP contribution in [-0.4, -0.2) is 34.5 Å². The number of halogens is 1. The standard InChI is InChI=1S/C14H15BrO6/c1-3-21-14(20)9-6-4-5-8(12(17)13(18)19)10(9)11(15)7(2)16/h4-6,11-12,17H,3H2,1-2H3,(H,18,19). The Morgan fingerprint density at radius 2 is 1.95 bits per heavy atom. The molecule has 1 rings (SSSR count). The van der Waals surface area contributed by atoms with E-state index < -0.39 is 22.9 Å². The van der Waals surface area contributed by atoms with Gasteiger partial charge in [0.2, 0.25) is 0 Å². The van der Waals surface area contributed by atoms with E-state index in [1.54, 1.807) is 6.92 Å². The van der Waals surface area contributed by atoms with Crippen molar-refractivity contribution in [2.45, 2.75) is 24.8 Å². The molecule has 0 aliphatic heterocycles. The van der Waals surface area contributed by atoms with E-state index >= 15 is 0 Å². The lowest BCUT2D eigenvalue weighted by atomic mass is 9.93. The minimum Gasteiger partial charge on any atom is -0.479 e. The van der Waals surface area contributed by atoms with Gasteiger partial charge in [0, 0.05) is 0 Å². The van der Waals surface area contributed by atoms with Gasteiger partial charge in [-0.05, 0) is 31.0 Å². The first kappa shape index (κ1) is 17.3. The monoisotopic (exact) mass is 358 g/mol. The van der Waals surface area contributed by atoms with Crippen molar-refractivity contribution in [1.29, 1.82) is 0 Å². The van der Waals surface area contributed by atoms with Crippen LogP contribution in [0.3, 0.4) is 0 Å². The number of hydrogen-bond acceptors (Lipinski definition) is 5. The highest BCUT2D eigenvalue weighted by Crippen LogP contribution is 2.34. The topological polar surface area (TPSA) is 101 Å². The molecule has 1 aromatic carbocycles. The predicted octanol–water partition coefficient (Wildman–Crippen LogP) is 2.01. The van der Waals surface area contributed by atoms with Crippen LogP contribution >= 0.6 is 15.9 Å². The molecule has 0 heterocycles. The lowest BCUT2D eigenvalue weighted by Crippen LogP contribution is -2.19. The first-order chi connectivity index (χ1) is 9.81. The Morgan fingerprint density at radius 3 is 2.43 bits per heavy atom. The molecule has 0 aromatic heterocycles. The molecule has 2 unspecified atom stereocenters. The second kappa shape index (κ2) is 7.33. The Kier molecular flexibility index (Phi) is 6.04. The summed E-state index contributed by atoms with van der Waals surface area (Å²) in [5.41, 5.74) is 0.134. The number of Topliss-reactive ketones (excluding diaryl/α,β-unsaturated/α-hetero) is 1. The van der Waals surface area contributed by atoms with E-state index in [4.69, 9.17) is 9.84 Å². The summed E-state index contributed by atoms with van der Waals surface area (Å²) in [7, 11) is 0. The number of carboxylic acid groups (broad SMARTS) is 1. The molecular formula is C14H15BrO6. The third kappa shape index (κ3) is 3.89. The lowest BCUT2D eigenvalue weighted by molar-refractivity contribution is -0.147. The summed E-state index contributed by atoms with van der Waals surface area (Å²) in [6, 6.07) is 4.20. The van der Waals surface area contributed by atoms with Gasteiger partial charge in [-0.1, -0.05) is 28.1 Å². The number of carboxylic acids is 1. The number of aliphatic hydroxyl groups excluding tert-OH is 1. The van der Waals surface area contributed by atoms with E-state index in [9.17, 15) is 19.5 Å². The molecule has 0 saturated heterocycles. The fourth-order valence-corrected chi connectivity index (χ4v) is 2.34. The number of alkyl halides is 1. The number of carbonyl (C=O) groups excluding carboxylic acids is 2. The van der Waals surface area contributed by atoms with Crippen molar-refractivity contribution in [3.63, 3.8) is 0 Å². The highest BCUT2D eigenvalue weighted by molar-refractivity contribution is 9.09. The SMILES string of the molecule is CCOC(=O)c1cccc(C(O)C(=O)O)c1C(Br)C(C)=O. The molecule has 2 atom stereocenters. The van der Waals surface area contributed by atoms with Crippen LogP contribution < -0.4 is 0 Å². The van der Waals surface area contributed by atoms with Crippen molar-refractivity contribution >= 4 is 33.7 Å². The quantitative estimate of drug-likeness (QED) is 0.595. The summed E-state index contributed by atoms with van der Waals surface area (Å²) in [4.78, 5) is 33.6. The Labute approximate surface area is 129 Å². The van der Waals surface area contributed by atoms with Crippen LogP contribution in [0.1, 0.15) is 46.3 Å². The maximum atomic E-state index is 12.0. The van der Waals surface area contributed by atoms with Crippen molar-refractivity contribution < 1.29 is 29.3 Å². The van der Waals surface area contributed by atoms with Crippen molar-refractivity contribution in [1.82, 2.24) is 0 Å². The zero-order chi connectivity index (χ0) is 16.2. The maximum Gasteiger partial charge on any atom is 0.338 e. The molecule has 0 spiro atoms. The molecule has 0 amide bonds. The summed E-state index contributed by atoms with van der Waals surface area (Å²) < 4.78 is 4.89. The molecule has 0 radical (unpaired) electrons. The molecule has 114 valence electrons. The van der Waals surface area contributed by atoms with Crippen LogP contribution in [0.25, 0.3) is 0 Å². The van der Waals surface area contributed by atoms with Crippen LogP contribution in [0, 0.1) is 0 Å². The van der Waals surface area contributed by atoms with Gasteiger partial charge in [0.05, 0.1) is 17.0 Å². The minimum absolute atomic E-state index is 0.0230. The number of carbonyl (C=O) groups is 3. The van der Waals surface area contributed by atoms with Crippen LogP contribution in [0.2, 0.25) is 0 Å². The summed E-state index contributed by atoms with van der Waals surface area (Å²) in [6.45, 7) is 3.05. The zero-order valence-electron chi connectivity index (χ0n) is 11.5. The number of ether oxygens (including phenoxy) is 1. The van der Waals surface area contributed by atoms with Gasteiger partial charge in [0.15, 0.2) is 6.10 Å². The number of benzene rings is 1. The highest BCUT2D eigenvalue weighted by Gasteiger charge is 2.29. The molecule has 0 bridgehead atoms. The molecule has 7 heteroatoms.